The number of fused-ring (bicyclic) bond motifs is 1. The summed E-state index contributed by atoms with van der Waals surface area (Å²) in [6, 6.07) is 0. The van der Waals surface area contributed by atoms with Gasteiger partial charge in [0.05, 0.1) is 18.4 Å². The Labute approximate surface area is 172 Å². The topological polar surface area (TPSA) is 97.0 Å². The van der Waals surface area contributed by atoms with Gasteiger partial charge in [0, 0.05) is 11.3 Å². The molecule has 2 aromatic heterocycles. The molecule has 0 aromatic carbocycles. The van der Waals surface area contributed by atoms with Crippen molar-refractivity contribution in [1.29, 1.82) is 0 Å². The highest BCUT2D eigenvalue weighted by Gasteiger charge is 2.28. The maximum atomic E-state index is 12.4. The Hall–Kier alpha value is -1.87. The average Bonchev–Trinajstić information content (AvgIpc) is 3.45. The number of rotatable bonds is 7. The quantitative estimate of drug-likeness (QED) is 0.525. The van der Waals surface area contributed by atoms with Crippen LogP contribution in [0.25, 0.3) is 0 Å². The van der Waals surface area contributed by atoms with Gasteiger partial charge in [0.1, 0.15) is 10.8 Å². The summed E-state index contributed by atoms with van der Waals surface area (Å²) < 4.78 is 4.92. The van der Waals surface area contributed by atoms with E-state index in [4.69, 9.17) is 4.74 Å². The molecule has 150 valence electrons. The predicted molar refractivity (Wildman–Crippen MR) is 109 cm³/mol. The molecule has 0 radical (unpaired) electrons. The molecule has 28 heavy (non-hydrogen) atoms. The lowest BCUT2D eigenvalue weighted by Gasteiger charge is -2.06. The number of thiophene rings is 1. The Bertz CT molecular complexity index is 871. The summed E-state index contributed by atoms with van der Waals surface area (Å²) in [7, 11) is 1.37. The van der Waals surface area contributed by atoms with Crippen molar-refractivity contribution < 1.29 is 14.3 Å². The molecule has 2 N–H and O–H groups in total. The van der Waals surface area contributed by atoms with Crippen LogP contribution in [0.3, 0.4) is 0 Å². The first kappa shape index (κ1) is 19.4. The van der Waals surface area contributed by atoms with Gasteiger partial charge in [-0.3, -0.25) is 9.89 Å². The fraction of sp³-hybridized carbons (Fsp3) is 0.579. The van der Waals surface area contributed by atoms with Crippen LogP contribution in [0.4, 0.5) is 5.00 Å². The van der Waals surface area contributed by atoms with E-state index < -0.39 is 0 Å². The van der Waals surface area contributed by atoms with Crippen molar-refractivity contribution in [2.75, 3.05) is 18.2 Å². The monoisotopic (exact) mass is 420 g/mol. The van der Waals surface area contributed by atoms with Crippen LogP contribution in [0.1, 0.15) is 58.7 Å². The lowest BCUT2D eigenvalue weighted by Crippen LogP contribution is -2.16. The first-order chi connectivity index (χ1) is 13.6. The number of thioether (sulfide) groups is 1. The first-order valence-electron chi connectivity index (χ1n) is 9.71. The zero-order valence-electron chi connectivity index (χ0n) is 15.9. The number of esters is 1. The minimum atomic E-state index is -0.382. The molecule has 2 aliphatic rings. The van der Waals surface area contributed by atoms with Crippen molar-refractivity contribution in [2.45, 2.75) is 56.5 Å². The van der Waals surface area contributed by atoms with Crippen molar-refractivity contribution in [2.24, 2.45) is 5.92 Å². The van der Waals surface area contributed by atoms with Gasteiger partial charge in [-0.25, -0.2) is 9.78 Å². The number of carbonyl (C=O) groups is 2. The van der Waals surface area contributed by atoms with Gasteiger partial charge >= 0.3 is 5.97 Å². The Balaban J connectivity index is 1.34. The highest BCUT2D eigenvalue weighted by atomic mass is 32.2. The van der Waals surface area contributed by atoms with Crippen molar-refractivity contribution in [3.05, 3.63) is 21.8 Å². The number of H-pyrrole nitrogens is 1. The summed E-state index contributed by atoms with van der Waals surface area (Å²) in [4.78, 5) is 30.3. The number of carbonyl (C=O) groups excluding carboxylic acids is 2. The Morgan fingerprint density at radius 1 is 1.29 bits per heavy atom. The minimum Gasteiger partial charge on any atom is -0.465 e. The van der Waals surface area contributed by atoms with Crippen LogP contribution in [0, 0.1) is 5.92 Å². The maximum Gasteiger partial charge on any atom is 0.341 e. The summed E-state index contributed by atoms with van der Waals surface area (Å²) >= 11 is 2.78. The van der Waals surface area contributed by atoms with E-state index in [1.807, 2.05) is 0 Å². The van der Waals surface area contributed by atoms with E-state index in [9.17, 15) is 9.59 Å². The van der Waals surface area contributed by atoms with Gasteiger partial charge in [-0.05, 0) is 30.7 Å². The fourth-order valence-electron chi connectivity index (χ4n) is 4.02. The van der Waals surface area contributed by atoms with Crippen LogP contribution in [-0.4, -0.2) is 39.9 Å². The summed E-state index contributed by atoms with van der Waals surface area (Å²) in [5, 5.41) is 11.3. The van der Waals surface area contributed by atoms with Crippen molar-refractivity contribution in [3.8, 4) is 0 Å². The Morgan fingerprint density at radius 2 is 2.11 bits per heavy atom. The van der Waals surface area contributed by atoms with E-state index in [1.54, 1.807) is 0 Å². The highest BCUT2D eigenvalue weighted by molar-refractivity contribution is 7.99. The van der Waals surface area contributed by atoms with Crippen LogP contribution in [0.5, 0.6) is 0 Å². The minimum absolute atomic E-state index is 0.169. The molecule has 0 unspecified atom stereocenters. The number of aromatic amines is 1. The molecule has 1 saturated carbocycles. The van der Waals surface area contributed by atoms with E-state index >= 15 is 0 Å². The zero-order valence-corrected chi connectivity index (χ0v) is 17.5. The molecule has 1 amide bonds. The van der Waals surface area contributed by atoms with Gasteiger partial charge in [-0.1, -0.05) is 37.4 Å². The number of ether oxygens (including phenoxy) is 1. The molecule has 2 aliphatic carbocycles. The number of methoxy groups -OCH3 is 1. The van der Waals surface area contributed by atoms with Crippen molar-refractivity contribution in [1.82, 2.24) is 15.2 Å². The molecule has 2 heterocycles. The van der Waals surface area contributed by atoms with Gasteiger partial charge in [0.2, 0.25) is 11.1 Å². The lowest BCUT2D eigenvalue weighted by molar-refractivity contribution is -0.113. The second-order valence-corrected chi connectivity index (χ2v) is 9.36. The fourth-order valence-corrected chi connectivity index (χ4v) is 5.94. The van der Waals surface area contributed by atoms with Gasteiger partial charge < -0.3 is 10.1 Å². The first-order valence-corrected chi connectivity index (χ1v) is 11.5. The number of aromatic nitrogens is 3. The van der Waals surface area contributed by atoms with Crippen LogP contribution >= 0.6 is 23.1 Å². The lowest BCUT2D eigenvalue weighted by atomic mass is 10.0. The van der Waals surface area contributed by atoms with Crippen molar-refractivity contribution in [3.63, 3.8) is 0 Å². The number of anilines is 1. The molecular formula is C19H24N4O3S2. The molecule has 7 nitrogen and oxygen atoms in total. The number of aryl methyl sites for hydroxylation is 1. The summed E-state index contributed by atoms with van der Waals surface area (Å²) in [5.41, 5.74) is 1.56. The number of nitrogens with zero attached hydrogens (tertiary/aromatic N) is 2. The van der Waals surface area contributed by atoms with E-state index in [0.29, 0.717) is 21.6 Å². The molecule has 2 aromatic rings. The zero-order chi connectivity index (χ0) is 19.5. The molecule has 0 bridgehead atoms. The largest absolute Gasteiger partial charge is 0.465 e. The molecule has 1 fully saturated rings. The van der Waals surface area contributed by atoms with Crippen LogP contribution in [0.2, 0.25) is 0 Å². The predicted octanol–water partition coefficient (Wildman–Crippen LogP) is 3.61. The third-order valence-electron chi connectivity index (χ3n) is 5.36. The van der Waals surface area contributed by atoms with Crippen LogP contribution < -0.4 is 5.32 Å². The van der Waals surface area contributed by atoms with Gasteiger partial charge in [-0.15, -0.1) is 16.4 Å². The normalized spacial score (nSPS) is 16.3. The number of hydrogen-bond acceptors (Lipinski definition) is 7. The van der Waals surface area contributed by atoms with E-state index in [1.165, 1.54) is 60.8 Å². The number of amides is 1. The Kier molecular flexibility index (Phi) is 6.01. The van der Waals surface area contributed by atoms with Crippen LogP contribution in [-0.2, 0) is 28.8 Å². The summed E-state index contributed by atoms with van der Waals surface area (Å²) in [5.74, 6) is 1.25. The summed E-state index contributed by atoms with van der Waals surface area (Å²) in [6.07, 6.45) is 8.93. The van der Waals surface area contributed by atoms with E-state index in [0.717, 1.165) is 37.1 Å². The maximum absolute atomic E-state index is 12.4. The molecule has 9 heteroatoms. The van der Waals surface area contributed by atoms with Gasteiger partial charge in [0.25, 0.3) is 0 Å². The van der Waals surface area contributed by atoms with E-state index in [-0.39, 0.29) is 17.6 Å². The third kappa shape index (κ3) is 4.25. The number of nitrogens with one attached hydrogen (secondary N) is 2. The molecule has 0 saturated heterocycles. The molecule has 0 spiro atoms. The number of hydrogen-bond donors (Lipinski definition) is 2. The molecule has 0 atom stereocenters. The second-order valence-electron chi connectivity index (χ2n) is 7.31. The smallest absolute Gasteiger partial charge is 0.341 e. The van der Waals surface area contributed by atoms with Crippen LogP contribution in [0.15, 0.2) is 5.16 Å². The Morgan fingerprint density at radius 3 is 2.89 bits per heavy atom. The van der Waals surface area contributed by atoms with Gasteiger partial charge in [-0.2, -0.15) is 0 Å². The molecule has 0 aliphatic heterocycles. The van der Waals surface area contributed by atoms with Crippen molar-refractivity contribution >= 4 is 40.0 Å². The third-order valence-corrected chi connectivity index (χ3v) is 7.42. The molecular weight excluding hydrogens is 396 g/mol. The highest BCUT2D eigenvalue weighted by Crippen LogP contribution is 2.39. The average molecular weight is 421 g/mol. The molecule has 4 rings (SSSR count). The summed E-state index contributed by atoms with van der Waals surface area (Å²) in [6.45, 7) is 0. The van der Waals surface area contributed by atoms with Gasteiger partial charge in [0.15, 0.2) is 0 Å². The standard InChI is InChI=1S/C19H24N4O3S2/c1-26-18(25)16-12-7-4-8-13(12)28-17(16)21-15(24)10-27-19-20-14(22-23-19)9-11-5-2-3-6-11/h11H,2-10H2,1H3,(H,21,24)(H,20,22,23). The SMILES string of the molecule is COC(=O)c1c(NC(=O)CSc2n[nH]c(CC3CCCC3)n2)sc2c1CCC2. The van der Waals surface area contributed by atoms with E-state index in [2.05, 4.69) is 20.5 Å². The second kappa shape index (κ2) is 8.65.